The molecule has 1 aliphatic heterocycles. The molecule has 4 nitrogen and oxygen atoms in total. The first kappa shape index (κ1) is 14.5. The first-order valence-corrected chi connectivity index (χ1v) is 7.19. The maximum Gasteiger partial charge on any atom is 0.261 e. The van der Waals surface area contributed by atoms with Gasteiger partial charge in [0.25, 0.3) is 11.8 Å². The Labute approximate surface area is 129 Å². The van der Waals surface area contributed by atoms with Gasteiger partial charge in [0, 0.05) is 0 Å². The van der Waals surface area contributed by atoms with E-state index >= 15 is 0 Å². The first-order valence-electron chi connectivity index (χ1n) is 7.19. The van der Waals surface area contributed by atoms with Crippen LogP contribution in [-0.2, 0) is 0 Å². The fourth-order valence-corrected chi connectivity index (χ4v) is 2.89. The smallest absolute Gasteiger partial charge is 0.261 e. The van der Waals surface area contributed by atoms with Crippen LogP contribution in [0.3, 0.4) is 0 Å². The molecule has 0 bridgehead atoms. The van der Waals surface area contributed by atoms with Crippen LogP contribution < -0.4 is 0 Å². The van der Waals surface area contributed by atoms with Crippen LogP contribution in [0.1, 0.15) is 43.5 Å². The van der Waals surface area contributed by atoms with Gasteiger partial charge in [0.05, 0.1) is 23.8 Å². The predicted molar refractivity (Wildman–Crippen MR) is 82.7 cm³/mol. The van der Waals surface area contributed by atoms with Crippen molar-refractivity contribution in [2.45, 2.75) is 20.0 Å². The number of rotatable bonds is 3. The van der Waals surface area contributed by atoms with E-state index < -0.39 is 6.10 Å². The molecule has 0 saturated carbocycles. The van der Waals surface area contributed by atoms with E-state index in [4.69, 9.17) is 0 Å². The van der Waals surface area contributed by atoms with E-state index in [9.17, 15) is 14.7 Å². The van der Waals surface area contributed by atoms with E-state index in [1.807, 2.05) is 32.0 Å². The largest absolute Gasteiger partial charge is 0.387 e. The third-order valence-electron chi connectivity index (χ3n) is 3.86. The molecule has 1 N–H and O–H groups in total. The predicted octanol–water partition coefficient (Wildman–Crippen LogP) is 2.63. The van der Waals surface area contributed by atoms with E-state index in [0.29, 0.717) is 16.7 Å². The Morgan fingerprint density at radius 3 is 1.95 bits per heavy atom. The Balaban J connectivity index is 1.85. The van der Waals surface area contributed by atoms with Crippen molar-refractivity contribution in [2.75, 3.05) is 6.54 Å². The maximum atomic E-state index is 12.3. The number of hydrogen-bond acceptors (Lipinski definition) is 3. The number of aliphatic hydroxyl groups is 1. The van der Waals surface area contributed by atoms with Crippen LogP contribution in [0.15, 0.2) is 42.5 Å². The molecule has 2 aromatic carbocycles. The van der Waals surface area contributed by atoms with Crippen LogP contribution in [0.25, 0.3) is 0 Å². The summed E-state index contributed by atoms with van der Waals surface area (Å²) in [4.78, 5) is 25.7. The van der Waals surface area contributed by atoms with Crippen LogP contribution >= 0.6 is 0 Å². The zero-order valence-electron chi connectivity index (χ0n) is 12.5. The monoisotopic (exact) mass is 295 g/mol. The highest BCUT2D eigenvalue weighted by Crippen LogP contribution is 2.25. The minimum absolute atomic E-state index is 0.0325. The van der Waals surface area contributed by atoms with Gasteiger partial charge in [-0.05, 0) is 31.5 Å². The summed E-state index contributed by atoms with van der Waals surface area (Å²) in [5, 5.41) is 10.4. The third kappa shape index (κ3) is 2.42. The van der Waals surface area contributed by atoms with Crippen LogP contribution in [0.4, 0.5) is 0 Å². The van der Waals surface area contributed by atoms with Gasteiger partial charge in [0.15, 0.2) is 0 Å². The zero-order chi connectivity index (χ0) is 15.9. The maximum absolute atomic E-state index is 12.3. The Bertz CT molecular complexity index is 711. The highest BCUT2D eigenvalue weighted by molar-refractivity contribution is 6.21. The normalized spacial score (nSPS) is 15.1. The van der Waals surface area contributed by atoms with Crippen LogP contribution in [0.5, 0.6) is 0 Å². The summed E-state index contributed by atoms with van der Waals surface area (Å²) in [5.74, 6) is -0.687. The van der Waals surface area contributed by atoms with Crippen molar-refractivity contribution in [3.63, 3.8) is 0 Å². The molecule has 2 aromatic rings. The summed E-state index contributed by atoms with van der Waals surface area (Å²) in [7, 11) is 0. The summed E-state index contributed by atoms with van der Waals surface area (Å²) >= 11 is 0. The number of nitrogens with zero attached hydrogens (tertiary/aromatic N) is 1. The lowest BCUT2D eigenvalue weighted by molar-refractivity contribution is 0.0543. The minimum Gasteiger partial charge on any atom is -0.387 e. The molecule has 22 heavy (non-hydrogen) atoms. The number of carbonyl (C=O) groups is 2. The fourth-order valence-electron chi connectivity index (χ4n) is 2.89. The molecule has 2 amide bonds. The molecule has 1 heterocycles. The van der Waals surface area contributed by atoms with Crippen molar-refractivity contribution >= 4 is 11.8 Å². The van der Waals surface area contributed by atoms with Gasteiger partial charge >= 0.3 is 0 Å². The SMILES string of the molecule is Cc1cc(C)cc(C(O)CN2C(=O)c3ccccc3C2=O)c1. The van der Waals surface area contributed by atoms with E-state index in [-0.39, 0.29) is 18.4 Å². The van der Waals surface area contributed by atoms with Gasteiger partial charge in [0.1, 0.15) is 0 Å². The number of imide groups is 1. The fraction of sp³-hybridized carbons (Fsp3) is 0.222. The Morgan fingerprint density at radius 1 is 0.955 bits per heavy atom. The summed E-state index contributed by atoms with van der Waals surface area (Å²) < 4.78 is 0. The zero-order valence-corrected chi connectivity index (χ0v) is 12.5. The van der Waals surface area contributed by atoms with Gasteiger partial charge < -0.3 is 5.11 Å². The second-order valence-corrected chi connectivity index (χ2v) is 5.70. The highest BCUT2D eigenvalue weighted by atomic mass is 16.3. The Hall–Kier alpha value is -2.46. The third-order valence-corrected chi connectivity index (χ3v) is 3.86. The average molecular weight is 295 g/mol. The molecule has 1 aliphatic rings. The van der Waals surface area contributed by atoms with E-state index in [2.05, 4.69) is 0 Å². The van der Waals surface area contributed by atoms with Gasteiger partial charge in [-0.3, -0.25) is 14.5 Å². The topological polar surface area (TPSA) is 57.6 Å². The molecule has 3 rings (SSSR count). The minimum atomic E-state index is -0.888. The average Bonchev–Trinajstić information content (AvgIpc) is 2.72. The Kier molecular flexibility index (Phi) is 3.54. The van der Waals surface area contributed by atoms with Crippen molar-refractivity contribution < 1.29 is 14.7 Å². The molecule has 0 radical (unpaired) electrons. The molecule has 0 fully saturated rings. The molecule has 0 spiro atoms. The van der Waals surface area contributed by atoms with Gasteiger partial charge in [-0.2, -0.15) is 0 Å². The number of β-amino-alcohol motifs (C(OH)–C–C–N with tert-alkyl or cyclic N) is 1. The van der Waals surface area contributed by atoms with E-state index in [1.165, 1.54) is 0 Å². The summed E-state index contributed by atoms with van der Waals surface area (Å²) in [5.41, 5.74) is 3.60. The highest BCUT2D eigenvalue weighted by Gasteiger charge is 2.36. The van der Waals surface area contributed by atoms with Crippen LogP contribution in [0.2, 0.25) is 0 Å². The molecule has 1 unspecified atom stereocenters. The number of carbonyl (C=O) groups excluding carboxylic acids is 2. The molecule has 112 valence electrons. The second-order valence-electron chi connectivity index (χ2n) is 5.70. The van der Waals surface area contributed by atoms with E-state index in [1.54, 1.807) is 24.3 Å². The molecule has 0 aliphatic carbocycles. The number of aryl methyl sites for hydroxylation is 2. The Morgan fingerprint density at radius 2 is 1.45 bits per heavy atom. The van der Waals surface area contributed by atoms with Gasteiger partial charge in [-0.25, -0.2) is 0 Å². The van der Waals surface area contributed by atoms with Crippen LogP contribution in [-0.4, -0.2) is 28.4 Å². The van der Waals surface area contributed by atoms with Gasteiger partial charge in [-0.15, -0.1) is 0 Å². The molecule has 0 aromatic heterocycles. The lowest BCUT2D eigenvalue weighted by atomic mass is 10.0. The van der Waals surface area contributed by atoms with Crippen molar-refractivity contribution in [1.29, 1.82) is 0 Å². The van der Waals surface area contributed by atoms with Gasteiger partial charge in [-0.1, -0.05) is 41.5 Å². The second kappa shape index (κ2) is 5.39. The number of hydrogen-bond donors (Lipinski definition) is 1. The molecule has 4 heteroatoms. The van der Waals surface area contributed by atoms with Crippen molar-refractivity contribution in [3.8, 4) is 0 Å². The summed E-state index contributed by atoms with van der Waals surface area (Å²) in [6, 6.07) is 12.5. The number of amides is 2. The first-order chi connectivity index (χ1) is 10.5. The van der Waals surface area contributed by atoms with Gasteiger partial charge in [0.2, 0.25) is 0 Å². The lowest BCUT2D eigenvalue weighted by Crippen LogP contribution is -2.33. The number of aliphatic hydroxyl groups excluding tert-OH is 1. The lowest BCUT2D eigenvalue weighted by Gasteiger charge is -2.19. The van der Waals surface area contributed by atoms with Crippen molar-refractivity contribution in [1.82, 2.24) is 4.90 Å². The molecule has 0 saturated heterocycles. The van der Waals surface area contributed by atoms with Crippen molar-refractivity contribution in [3.05, 3.63) is 70.3 Å². The molecular weight excluding hydrogens is 278 g/mol. The molecule has 1 atom stereocenters. The summed E-state index contributed by atoms with van der Waals surface area (Å²) in [6.07, 6.45) is -0.888. The van der Waals surface area contributed by atoms with Crippen molar-refractivity contribution in [2.24, 2.45) is 0 Å². The number of fused-ring (bicyclic) bond motifs is 1. The quantitative estimate of drug-likeness (QED) is 0.886. The molecular formula is C18H17NO3. The van der Waals surface area contributed by atoms with Crippen LogP contribution in [0, 0.1) is 13.8 Å². The van der Waals surface area contributed by atoms with E-state index in [0.717, 1.165) is 16.0 Å². The standard InChI is InChI=1S/C18H17NO3/c1-11-7-12(2)9-13(8-11)16(20)10-19-17(21)14-5-3-4-6-15(14)18(19)22/h3-9,16,20H,10H2,1-2H3. The summed E-state index contributed by atoms with van der Waals surface area (Å²) in [6.45, 7) is 3.87. The number of benzene rings is 2.